The Hall–Kier alpha value is -3.15. The largest absolute Gasteiger partial charge is 0.462 e. The third-order valence-electron chi connectivity index (χ3n) is 15.4. The molecule has 0 saturated heterocycles. The molecular weight excluding hydrogens is 985 g/mol. The molecule has 0 heterocycles. The summed E-state index contributed by atoms with van der Waals surface area (Å²) in [6.45, 7) is 6.53. The van der Waals surface area contributed by atoms with E-state index in [0.29, 0.717) is 19.3 Å². The summed E-state index contributed by atoms with van der Waals surface area (Å²) in [6, 6.07) is 0. The molecule has 0 rings (SSSR count). The first kappa shape index (κ1) is 76.9. The van der Waals surface area contributed by atoms with E-state index in [9.17, 15) is 14.4 Å². The van der Waals surface area contributed by atoms with Crippen molar-refractivity contribution in [3.63, 3.8) is 0 Å². The minimum atomic E-state index is -0.795. The van der Waals surface area contributed by atoms with Crippen LogP contribution in [-0.2, 0) is 28.6 Å². The van der Waals surface area contributed by atoms with Crippen LogP contribution in [-0.4, -0.2) is 37.2 Å². The van der Waals surface area contributed by atoms with Crippen LogP contribution in [0, 0.1) is 0 Å². The van der Waals surface area contributed by atoms with Crippen molar-refractivity contribution in [3.8, 4) is 0 Å². The van der Waals surface area contributed by atoms with Gasteiger partial charge in [-0.1, -0.05) is 325 Å². The van der Waals surface area contributed by atoms with Crippen molar-refractivity contribution >= 4 is 17.9 Å². The number of ether oxygens (including phenoxy) is 3. The molecule has 0 aromatic carbocycles. The van der Waals surface area contributed by atoms with E-state index in [1.807, 2.05) is 0 Å². The highest BCUT2D eigenvalue weighted by Gasteiger charge is 2.19. The molecule has 80 heavy (non-hydrogen) atoms. The quantitative estimate of drug-likeness (QED) is 0.0261. The van der Waals surface area contributed by atoms with E-state index in [2.05, 4.69) is 93.7 Å². The molecule has 0 fully saturated rings. The summed E-state index contributed by atoms with van der Waals surface area (Å²) in [5.74, 6) is -0.915. The van der Waals surface area contributed by atoms with Gasteiger partial charge in [0.15, 0.2) is 6.10 Å². The van der Waals surface area contributed by atoms with Crippen molar-refractivity contribution in [1.29, 1.82) is 0 Å². The van der Waals surface area contributed by atoms with Crippen molar-refractivity contribution in [1.82, 2.24) is 0 Å². The number of hydrogen-bond acceptors (Lipinski definition) is 6. The van der Waals surface area contributed by atoms with Gasteiger partial charge in [0.1, 0.15) is 13.2 Å². The molecule has 0 aliphatic carbocycles. The molecule has 6 nitrogen and oxygen atoms in total. The maximum atomic E-state index is 12.9. The van der Waals surface area contributed by atoms with Gasteiger partial charge >= 0.3 is 17.9 Å². The molecule has 0 amide bonds. The number of esters is 3. The summed E-state index contributed by atoms with van der Waals surface area (Å²) in [7, 11) is 0. The third kappa shape index (κ3) is 65.7. The predicted molar refractivity (Wildman–Crippen MR) is 348 cm³/mol. The highest BCUT2D eigenvalue weighted by Crippen LogP contribution is 2.18. The Bertz CT molecular complexity index is 1470. The van der Waals surface area contributed by atoms with Crippen LogP contribution < -0.4 is 0 Å². The van der Waals surface area contributed by atoms with Crippen molar-refractivity contribution in [2.75, 3.05) is 13.2 Å². The van der Waals surface area contributed by atoms with Crippen molar-refractivity contribution in [2.45, 2.75) is 367 Å². The molecular formula is C74H132O6. The predicted octanol–water partition coefficient (Wildman–Crippen LogP) is 24.1. The normalized spacial score (nSPS) is 12.5. The fourth-order valence-corrected chi connectivity index (χ4v) is 10.2. The molecule has 464 valence electrons. The van der Waals surface area contributed by atoms with Gasteiger partial charge in [-0.15, -0.1) is 0 Å². The van der Waals surface area contributed by atoms with Crippen LogP contribution in [0.1, 0.15) is 361 Å². The molecule has 0 N–H and O–H groups in total. The smallest absolute Gasteiger partial charge is 0.306 e. The van der Waals surface area contributed by atoms with Crippen LogP contribution in [0.15, 0.2) is 72.9 Å². The standard InChI is InChI=1S/C74H132O6/c1-4-7-10-13-16-19-22-25-28-30-32-34-35-36-37-38-40-41-43-46-49-52-55-58-61-64-67-73(76)79-70-71(69-78-72(75)66-63-60-57-54-51-48-45-27-24-21-18-15-12-9-6-3)80-74(77)68-65-62-59-56-53-50-47-44-42-39-33-31-29-26-23-20-17-14-11-8-5-2/h9,12,18,21,23,26-27,31,33,45,51,54,71H,4-8,10-11,13-17,19-20,22,24-25,28-30,32,34-44,46-50,52-53,55-70H2,1-3H3/b12-9-,21-18-,26-23-,33-31-,45-27-,54-51-. The maximum absolute atomic E-state index is 12.9. The monoisotopic (exact) mass is 1120 g/mol. The van der Waals surface area contributed by atoms with E-state index < -0.39 is 6.10 Å². The average Bonchev–Trinajstić information content (AvgIpc) is 3.46. The van der Waals surface area contributed by atoms with E-state index in [-0.39, 0.29) is 31.1 Å². The Morgan fingerprint density at radius 1 is 0.263 bits per heavy atom. The molecule has 0 spiro atoms. The first-order valence-corrected chi connectivity index (χ1v) is 34.9. The molecule has 0 radical (unpaired) electrons. The summed E-state index contributed by atoms with van der Waals surface area (Å²) >= 11 is 0. The first-order valence-electron chi connectivity index (χ1n) is 34.9. The van der Waals surface area contributed by atoms with Crippen molar-refractivity contribution in [2.24, 2.45) is 0 Å². The second-order valence-corrected chi connectivity index (χ2v) is 23.4. The highest BCUT2D eigenvalue weighted by molar-refractivity contribution is 5.71. The van der Waals surface area contributed by atoms with Crippen LogP contribution in [0.3, 0.4) is 0 Å². The average molecular weight is 1120 g/mol. The molecule has 1 atom stereocenters. The van der Waals surface area contributed by atoms with Crippen LogP contribution in [0.2, 0.25) is 0 Å². The van der Waals surface area contributed by atoms with E-state index >= 15 is 0 Å². The minimum Gasteiger partial charge on any atom is -0.462 e. The Labute approximate surface area is 497 Å². The Kier molecular flexibility index (Phi) is 65.7. The second-order valence-electron chi connectivity index (χ2n) is 23.4. The van der Waals surface area contributed by atoms with Gasteiger partial charge in [-0.05, 0) is 89.9 Å². The van der Waals surface area contributed by atoms with E-state index in [1.54, 1.807) is 0 Å². The maximum Gasteiger partial charge on any atom is 0.306 e. The number of allylic oxidation sites excluding steroid dienone is 12. The molecule has 0 bridgehead atoms. The molecule has 0 aliphatic heterocycles. The fourth-order valence-electron chi connectivity index (χ4n) is 10.2. The van der Waals surface area contributed by atoms with Gasteiger partial charge in [0, 0.05) is 19.3 Å². The summed E-state index contributed by atoms with van der Waals surface area (Å²) in [5.41, 5.74) is 0. The van der Waals surface area contributed by atoms with Gasteiger partial charge in [-0.25, -0.2) is 0 Å². The number of unbranched alkanes of at least 4 members (excludes halogenated alkanes) is 41. The van der Waals surface area contributed by atoms with Crippen LogP contribution in [0.5, 0.6) is 0 Å². The van der Waals surface area contributed by atoms with Crippen molar-refractivity contribution in [3.05, 3.63) is 72.9 Å². The first-order chi connectivity index (χ1) is 39.5. The molecule has 1 unspecified atom stereocenters. The lowest BCUT2D eigenvalue weighted by Gasteiger charge is -2.18. The summed E-state index contributed by atoms with van der Waals surface area (Å²) in [4.78, 5) is 38.4. The van der Waals surface area contributed by atoms with Gasteiger partial charge in [-0.3, -0.25) is 14.4 Å². The van der Waals surface area contributed by atoms with E-state index in [4.69, 9.17) is 14.2 Å². The zero-order valence-electron chi connectivity index (χ0n) is 53.3. The Morgan fingerprint density at radius 3 is 0.787 bits per heavy atom. The number of hydrogen-bond donors (Lipinski definition) is 0. The lowest BCUT2D eigenvalue weighted by molar-refractivity contribution is -0.167. The summed E-state index contributed by atoms with van der Waals surface area (Å²) < 4.78 is 16.9. The Morgan fingerprint density at radius 2 is 0.487 bits per heavy atom. The minimum absolute atomic E-state index is 0.0872. The number of rotatable bonds is 64. The molecule has 0 aliphatic rings. The topological polar surface area (TPSA) is 78.9 Å². The lowest BCUT2D eigenvalue weighted by atomic mass is 10.0. The van der Waals surface area contributed by atoms with Gasteiger partial charge < -0.3 is 14.2 Å². The molecule has 6 heteroatoms. The number of carbonyl (C=O) groups excluding carboxylic acids is 3. The van der Waals surface area contributed by atoms with E-state index in [0.717, 1.165) is 89.9 Å². The van der Waals surface area contributed by atoms with Crippen LogP contribution in [0.4, 0.5) is 0 Å². The third-order valence-corrected chi connectivity index (χ3v) is 15.4. The van der Waals surface area contributed by atoms with Crippen molar-refractivity contribution < 1.29 is 28.6 Å². The van der Waals surface area contributed by atoms with Gasteiger partial charge in [0.05, 0.1) is 0 Å². The van der Waals surface area contributed by atoms with E-state index in [1.165, 1.54) is 231 Å². The molecule has 0 aromatic rings. The van der Waals surface area contributed by atoms with Crippen LogP contribution in [0.25, 0.3) is 0 Å². The lowest BCUT2D eigenvalue weighted by Crippen LogP contribution is -2.30. The zero-order valence-corrected chi connectivity index (χ0v) is 53.3. The summed E-state index contributed by atoms with van der Waals surface area (Å²) in [6.07, 6.45) is 89.4. The zero-order chi connectivity index (χ0) is 57.8. The Balaban J connectivity index is 4.31. The summed E-state index contributed by atoms with van der Waals surface area (Å²) in [5, 5.41) is 0. The highest BCUT2D eigenvalue weighted by atomic mass is 16.6. The van der Waals surface area contributed by atoms with Gasteiger partial charge in [0.25, 0.3) is 0 Å². The fraction of sp³-hybridized carbons (Fsp3) is 0.797. The molecule has 0 aromatic heterocycles. The van der Waals surface area contributed by atoms with Gasteiger partial charge in [0.2, 0.25) is 0 Å². The van der Waals surface area contributed by atoms with Crippen LogP contribution >= 0.6 is 0 Å². The number of carbonyl (C=O) groups is 3. The SMILES string of the molecule is CC/C=C\C/C=C\C/C=C\C/C=C\CCCCC(=O)OCC(COC(=O)CCCCCCCCCCCCCCCCCCCCCCCCCCCC)OC(=O)CCCCCCCCCCC/C=C\C/C=C\CCCCCCC. The second kappa shape index (κ2) is 68.3. The molecule has 0 saturated carbocycles. The van der Waals surface area contributed by atoms with Gasteiger partial charge in [-0.2, -0.15) is 0 Å².